The van der Waals surface area contributed by atoms with Gasteiger partial charge in [-0.25, -0.2) is 0 Å². The summed E-state index contributed by atoms with van der Waals surface area (Å²) in [6.45, 7) is 0. The van der Waals surface area contributed by atoms with Crippen molar-refractivity contribution < 1.29 is 9.47 Å². The van der Waals surface area contributed by atoms with Crippen molar-refractivity contribution in [2.24, 2.45) is 0 Å². The Morgan fingerprint density at radius 1 is 1.14 bits per heavy atom. The standard InChI is InChI=1S/C17H18BrNO2/c1-20-13-5-3-4-11(8-13)15-7-6-12-9-14(18)17(21-2)10-16(12)19-15/h3-5,8-10,15,19H,6-7H2,1-2H3. The molecule has 0 aromatic heterocycles. The maximum absolute atomic E-state index is 5.38. The molecule has 0 aliphatic carbocycles. The average molecular weight is 348 g/mol. The van der Waals surface area contributed by atoms with E-state index in [1.165, 1.54) is 11.1 Å². The van der Waals surface area contributed by atoms with Gasteiger partial charge in [0.2, 0.25) is 0 Å². The third kappa shape index (κ3) is 2.86. The zero-order chi connectivity index (χ0) is 14.8. The molecule has 1 aliphatic rings. The number of rotatable bonds is 3. The molecule has 3 nitrogen and oxygen atoms in total. The monoisotopic (exact) mass is 347 g/mol. The number of benzene rings is 2. The first-order valence-corrected chi connectivity index (χ1v) is 7.77. The van der Waals surface area contributed by atoms with Crippen molar-refractivity contribution in [3.05, 3.63) is 52.0 Å². The van der Waals surface area contributed by atoms with Crippen molar-refractivity contribution in [1.82, 2.24) is 0 Å². The van der Waals surface area contributed by atoms with E-state index < -0.39 is 0 Å². The number of fused-ring (bicyclic) bond motifs is 1. The van der Waals surface area contributed by atoms with Gasteiger partial charge in [-0.05, 0) is 58.1 Å². The van der Waals surface area contributed by atoms with Crippen molar-refractivity contribution in [3.63, 3.8) is 0 Å². The molecule has 2 aromatic rings. The van der Waals surface area contributed by atoms with E-state index in [0.717, 1.165) is 34.5 Å². The molecular formula is C17H18BrNO2. The average Bonchev–Trinajstić information content (AvgIpc) is 2.53. The van der Waals surface area contributed by atoms with Crippen LogP contribution in [0.3, 0.4) is 0 Å². The summed E-state index contributed by atoms with van der Waals surface area (Å²) in [5.41, 5.74) is 3.72. The molecule has 0 fully saturated rings. The molecule has 2 aromatic carbocycles. The second-order valence-electron chi connectivity index (χ2n) is 5.16. The first-order valence-electron chi connectivity index (χ1n) is 6.98. The Morgan fingerprint density at radius 2 is 2.00 bits per heavy atom. The van der Waals surface area contributed by atoms with E-state index in [4.69, 9.17) is 9.47 Å². The Hall–Kier alpha value is -1.68. The maximum atomic E-state index is 5.38. The zero-order valence-electron chi connectivity index (χ0n) is 12.2. The highest BCUT2D eigenvalue weighted by atomic mass is 79.9. The molecule has 0 saturated heterocycles. The smallest absolute Gasteiger partial charge is 0.135 e. The van der Waals surface area contributed by atoms with Gasteiger partial charge in [0.15, 0.2) is 0 Å². The maximum Gasteiger partial charge on any atom is 0.135 e. The van der Waals surface area contributed by atoms with Crippen LogP contribution in [0.15, 0.2) is 40.9 Å². The number of methoxy groups -OCH3 is 2. The minimum Gasteiger partial charge on any atom is -0.497 e. The molecule has 0 amide bonds. The summed E-state index contributed by atoms with van der Waals surface area (Å²) < 4.78 is 11.7. The van der Waals surface area contributed by atoms with Crippen LogP contribution < -0.4 is 14.8 Å². The van der Waals surface area contributed by atoms with E-state index in [-0.39, 0.29) is 0 Å². The minimum absolute atomic E-state index is 0.304. The van der Waals surface area contributed by atoms with Crippen LogP contribution in [0.4, 0.5) is 5.69 Å². The Balaban J connectivity index is 1.89. The number of ether oxygens (including phenoxy) is 2. The number of nitrogens with one attached hydrogen (secondary N) is 1. The minimum atomic E-state index is 0.304. The van der Waals surface area contributed by atoms with Gasteiger partial charge < -0.3 is 14.8 Å². The zero-order valence-corrected chi connectivity index (χ0v) is 13.7. The van der Waals surface area contributed by atoms with Crippen molar-refractivity contribution in [1.29, 1.82) is 0 Å². The summed E-state index contributed by atoms with van der Waals surface area (Å²) in [5.74, 6) is 1.75. The Morgan fingerprint density at radius 3 is 2.76 bits per heavy atom. The molecule has 1 heterocycles. The van der Waals surface area contributed by atoms with Crippen molar-refractivity contribution in [2.75, 3.05) is 19.5 Å². The number of hydrogen-bond donors (Lipinski definition) is 1. The number of anilines is 1. The van der Waals surface area contributed by atoms with Gasteiger partial charge in [0.25, 0.3) is 0 Å². The highest BCUT2D eigenvalue weighted by molar-refractivity contribution is 9.10. The summed E-state index contributed by atoms with van der Waals surface area (Å²) in [6.07, 6.45) is 2.12. The van der Waals surface area contributed by atoms with Gasteiger partial charge >= 0.3 is 0 Å². The summed E-state index contributed by atoms with van der Waals surface area (Å²) in [7, 11) is 3.39. The summed E-state index contributed by atoms with van der Waals surface area (Å²) in [6, 6.07) is 12.8. The third-order valence-electron chi connectivity index (χ3n) is 3.91. The van der Waals surface area contributed by atoms with E-state index in [1.807, 2.05) is 12.1 Å². The van der Waals surface area contributed by atoms with Crippen LogP contribution in [0, 0.1) is 0 Å². The van der Waals surface area contributed by atoms with Crippen LogP contribution in [-0.4, -0.2) is 14.2 Å². The molecule has 21 heavy (non-hydrogen) atoms. The quantitative estimate of drug-likeness (QED) is 0.882. The highest BCUT2D eigenvalue weighted by Crippen LogP contribution is 2.38. The Kier molecular flexibility index (Phi) is 4.06. The molecule has 0 saturated carbocycles. The highest BCUT2D eigenvalue weighted by Gasteiger charge is 2.21. The van der Waals surface area contributed by atoms with Gasteiger partial charge in [-0.2, -0.15) is 0 Å². The molecule has 1 atom stereocenters. The second kappa shape index (κ2) is 5.98. The Bertz CT molecular complexity index is 657. The molecule has 3 rings (SSSR count). The predicted molar refractivity (Wildman–Crippen MR) is 88.4 cm³/mol. The van der Waals surface area contributed by atoms with Gasteiger partial charge in [-0.15, -0.1) is 0 Å². The van der Waals surface area contributed by atoms with Crippen LogP contribution in [-0.2, 0) is 6.42 Å². The van der Waals surface area contributed by atoms with E-state index in [0.29, 0.717) is 6.04 Å². The van der Waals surface area contributed by atoms with Crippen LogP contribution in [0.5, 0.6) is 11.5 Å². The Labute approximate surface area is 133 Å². The van der Waals surface area contributed by atoms with Gasteiger partial charge in [0.1, 0.15) is 11.5 Å². The van der Waals surface area contributed by atoms with Crippen LogP contribution >= 0.6 is 15.9 Å². The van der Waals surface area contributed by atoms with Crippen molar-refractivity contribution >= 4 is 21.6 Å². The van der Waals surface area contributed by atoms with Crippen molar-refractivity contribution in [3.8, 4) is 11.5 Å². The van der Waals surface area contributed by atoms with Gasteiger partial charge in [-0.1, -0.05) is 12.1 Å². The number of halogens is 1. The third-order valence-corrected chi connectivity index (χ3v) is 4.53. The number of aryl methyl sites for hydroxylation is 1. The SMILES string of the molecule is COc1cccc(C2CCc3cc(Br)c(OC)cc3N2)c1. The van der Waals surface area contributed by atoms with Gasteiger partial charge in [-0.3, -0.25) is 0 Å². The van der Waals surface area contributed by atoms with Crippen molar-refractivity contribution in [2.45, 2.75) is 18.9 Å². The van der Waals surface area contributed by atoms with Gasteiger partial charge in [0.05, 0.1) is 24.7 Å². The number of hydrogen-bond acceptors (Lipinski definition) is 3. The van der Waals surface area contributed by atoms with Crippen LogP contribution in [0.25, 0.3) is 0 Å². The fourth-order valence-electron chi connectivity index (χ4n) is 2.76. The fourth-order valence-corrected chi connectivity index (χ4v) is 3.31. The molecule has 0 radical (unpaired) electrons. The van der Waals surface area contributed by atoms with Crippen LogP contribution in [0.1, 0.15) is 23.6 Å². The predicted octanol–water partition coefficient (Wildman–Crippen LogP) is 4.57. The van der Waals surface area contributed by atoms with E-state index in [9.17, 15) is 0 Å². The lowest BCUT2D eigenvalue weighted by atomic mass is 9.93. The van der Waals surface area contributed by atoms with E-state index in [1.54, 1.807) is 14.2 Å². The molecule has 0 spiro atoms. The molecule has 1 N–H and O–H groups in total. The first kappa shape index (κ1) is 14.3. The first-order chi connectivity index (χ1) is 10.2. The normalized spacial score (nSPS) is 16.8. The molecular weight excluding hydrogens is 330 g/mol. The lowest BCUT2D eigenvalue weighted by molar-refractivity contribution is 0.411. The topological polar surface area (TPSA) is 30.5 Å². The molecule has 1 unspecified atom stereocenters. The second-order valence-corrected chi connectivity index (χ2v) is 6.01. The fraction of sp³-hybridized carbons (Fsp3) is 0.294. The summed E-state index contributed by atoms with van der Waals surface area (Å²) in [5, 5.41) is 3.61. The summed E-state index contributed by atoms with van der Waals surface area (Å²) >= 11 is 3.55. The largest absolute Gasteiger partial charge is 0.497 e. The van der Waals surface area contributed by atoms with E-state index in [2.05, 4.69) is 45.5 Å². The summed E-state index contributed by atoms with van der Waals surface area (Å²) in [4.78, 5) is 0. The van der Waals surface area contributed by atoms with Crippen LogP contribution in [0.2, 0.25) is 0 Å². The molecule has 0 bridgehead atoms. The lowest BCUT2D eigenvalue weighted by Crippen LogP contribution is -2.18. The van der Waals surface area contributed by atoms with E-state index >= 15 is 0 Å². The molecule has 110 valence electrons. The molecule has 4 heteroatoms. The molecule has 1 aliphatic heterocycles. The van der Waals surface area contributed by atoms with Gasteiger partial charge in [0, 0.05) is 11.8 Å². The lowest BCUT2D eigenvalue weighted by Gasteiger charge is -2.28.